The Bertz CT molecular complexity index is 1380. The van der Waals surface area contributed by atoms with E-state index >= 15 is 0 Å². The van der Waals surface area contributed by atoms with Crippen LogP contribution in [-0.4, -0.2) is 26.1 Å². The summed E-state index contributed by atoms with van der Waals surface area (Å²) in [6, 6.07) is 18.9. The largest absolute Gasteiger partial charge is 0.293 e. The number of aryl methyl sites for hydroxylation is 3. The highest BCUT2D eigenvalue weighted by Gasteiger charge is 2.20. The second-order valence-corrected chi connectivity index (χ2v) is 9.01. The van der Waals surface area contributed by atoms with E-state index in [4.69, 9.17) is 9.97 Å². The lowest BCUT2D eigenvalue weighted by molar-refractivity contribution is 0.102. The van der Waals surface area contributed by atoms with E-state index in [9.17, 15) is 9.59 Å². The highest BCUT2D eigenvalue weighted by Crippen LogP contribution is 2.26. The number of carbonyl (C=O) groups excluding carboxylic acids is 1. The van der Waals surface area contributed by atoms with E-state index in [1.54, 1.807) is 16.7 Å². The maximum atomic E-state index is 13.7. The standard InChI is InChI=1S/C26H23N3O2S/c1-17-9-5-8-14-22(17)29-25(31)20-15-19-12-6-7-13-21(19)27-24(20)28-26(29)32-16-23(30)18-10-3-2-4-11-18/h2-5,8-11,14-15H,6-7,12-13,16H2,1H3. The number of aromatic nitrogens is 3. The highest BCUT2D eigenvalue weighted by molar-refractivity contribution is 7.99. The van der Waals surface area contributed by atoms with Gasteiger partial charge in [0.1, 0.15) is 0 Å². The van der Waals surface area contributed by atoms with Crippen LogP contribution in [0.15, 0.2) is 70.6 Å². The monoisotopic (exact) mass is 441 g/mol. The zero-order chi connectivity index (χ0) is 22.1. The number of hydrogen-bond donors (Lipinski definition) is 0. The molecule has 0 amide bonds. The number of carbonyl (C=O) groups is 1. The van der Waals surface area contributed by atoms with Gasteiger partial charge >= 0.3 is 0 Å². The quantitative estimate of drug-likeness (QED) is 0.249. The van der Waals surface area contributed by atoms with Crippen LogP contribution in [0.5, 0.6) is 0 Å². The van der Waals surface area contributed by atoms with E-state index in [1.165, 1.54) is 11.8 Å². The van der Waals surface area contributed by atoms with Gasteiger partial charge in [-0.05, 0) is 55.9 Å². The number of rotatable bonds is 5. The Morgan fingerprint density at radius 1 is 1.00 bits per heavy atom. The molecule has 0 fully saturated rings. The molecule has 160 valence electrons. The van der Waals surface area contributed by atoms with Crippen LogP contribution in [-0.2, 0) is 12.8 Å². The van der Waals surface area contributed by atoms with Gasteiger partial charge in [0.15, 0.2) is 16.6 Å². The molecule has 6 heteroatoms. The number of hydrogen-bond acceptors (Lipinski definition) is 5. The molecule has 1 aliphatic rings. The summed E-state index contributed by atoms with van der Waals surface area (Å²) in [6.45, 7) is 1.97. The van der Waals surface area contributed by atoms with Gasteiger partial charge in [-0.1, -0.05) is 60.3 Å². The Morgan fingerprint density at radius 2 is 1.75 bits per heavy atom. The zero-order valence-corrected chi connectivity index (χ0v) is 18.7. The van der Waals surface area contributed by atoms with E-state index in [0.29, 0.717) is 21.8 Å². The van der Waals surface area contributed by atoms with Crippen LogP contribution >= 0.6 is 11.8 Å². The number of ketones is 1. The molecule has 0 N–H and O–H groups in total. The van der Waals surface area contributed by atoms with Crippen molar-refractivity contribution in [2.75, 3.05) is 5.75 Å². The minimum atomic E-state index is -0.139. The molecular formula is C26H23N3O2S. The fraction of sp³-hybridized carbons (Fsp3) is 0.231. The number of benzene rings is 2. The van der Waals surface area contributed by atoms with Crippen molar-refractivity contribution in [3.63, 3.8) is 0 Å². The molecule has 0 radical (unpaired) electrons. The van der Waals surface area contributed by atoms with Gasteiger partial charge in [0, 0.05) is 11.3 Å². The Kier molecular flexibility index (Phi) is 5.62. The summed E-state index contributed by atoms with van der Waals surface area (Å²) in [5.74, 6) is 0.193. The lowest BCUT2D eigenvalue weighted by atomic mass is 9.95. The van der Waals surface area contributed by atoms with Gasteiger partial charge < -0.3 is 0 Å². The van der Waals surface area contributed by atoms with Crippen LogP contribution in [0.1, 0.15) is 40.0 Å². The van der Waals surface area contributed by atoms with E-state index in [-0.39, 0.29) is 17.1 Å². The third-order valence-corrected chi connectivity index (χ3v) is 6.83. The zero-order valence-electron chi connectivity index (χ0n) is 17.9. The van der Waals surface area contributed by atoms with Gasteiger partial charge in [-0.25, -0.2) is 9.97 Å². The second kappa shape index (κ2) is 8.71. The first-order valence-electron chi connectivity index (χ1n) is 10.8. The summed E-state index contributed by atoms with van der Waals surface area (Å²) < 4.78 is 1.64. The SMILES string of the molecule is Cc1ccccc1-n1c(SCC(=O)c2ccccc2)nc2nc3c(cc2c1=O)CCCC3. The molecule has 0 unspecified atom stereocenters. The van der Waals surface area contributed by atoms with Gasteiger partial charge in [0.25, 0.3) is 5.56 Å². The number of para-hydroxylation sites is 1. The Balaban J connectivity index is 1.64. The maximum absolute atomic E-state index is 13.7. The molecule has 1 aliphatic carbocycles. The van der Waals surface area contributed by atoms with Crippen LogP contribution in [0.4, 0.5) is 0 Å². The van der Waals surface area contributed by atoms with Gasteiger partial charge in [0.2, 0.25) is 0 Å². The number of thioether (sulfide) groups is 1. The van der Waals surface area contributed by atoms with E-state index < -0.39 is 0 Å². The van der Waals surface area contributed by atoms with E-state index in [1.807, 2.05) is 55.5 Å². The summed E-state index contributed by atoms with van der Waals surface area (Å²) in [4.78, 5) is 36.0. The van der Waals surface area contributed by atoms with Crippen molar-refractivity contribution < 1.29 is 4.79 Å². The molecule has 0 aliphatic heterocycles. The molecule has 2 aromatic carbocycles. The third-order valence-electron chi connectivity index (χ3n) is 5.89. The van der Waals surface area contributed by atoms with Crippen LogP contribution in [0.2, 0.25) is 0 Å². The number of fused-ring (bicyclic) bond motifs is 2. The molecule has 0 bridgehead atoms. The molecule has 2 heterocycles. The van der Waals surface area contributed by atoms with Crippen molar-refractivity contribution >= 4 is 28.6 Å². The van der Waals surface area contributed by atoms with Gasteiger partial charge in [0.05, 0.1) is 16.8 Å². The first-order chi connectivity index (χ1) is 15.6. The number of pyridine rings is 1. The summed E-state index contributed by atoms with van der Waals surface area (Å²) in [5.41, 5.74) is 4.92. The van der Waals surface area contributed by atoms with Gasteiger partial charge in [-0.2, -0.15) is 0 Å². The number of Topliss-reactive ketones (excluding diaryl/α,β-unsaturated/α-hetero) is 1. The van der Waals surface area contributed by atoms with E-state index in [0.717, 1.165) is 48.2 Å². The summed E-state index contributed by atoms with van der Waals surface area (Å²) in [7, 11) is 0. The first-order valence-corrected chi connectivity index (χ1v) is 11.8. The van der Waals surface area contributed by atoms with Gasteiger partial charge in [-0.15, -0.1) is 0 Å². The second-order valence-electron chi connectivity index (χ2n) is 8.07. The molecule has 5 rings (SSSR count). The molecular weight excluding hydrogens is 418 g/mol. The lowest BCUT2D eigenvalue weighted by Gasteiger charge is -2.18. The summed E-state index contributed by atoms with van der Waals surface area (Å²) in [6.07, 6.45) is 4.10. The molecule has 0 saturated heterocycles. The Hall–Kier alpha value is -3.25. The predicted molar refractivity (Wildman–Crippen MR) is 128 cm³/mol. The van der Waals surface area contributed by atoms with Crippen LogP contribution < -0.4 is 5.56 Å². The highest BCUT2D eigenvalue weighted by atomic mass is 32.2. The molecule has 0 atom stereocenters. The lowest BCUT2D eigenvalue weighted by Crippen LogP contribution is -2.24. The Labute approximate surface area is 190 Å². The van der Waals surface area contributed by atoms with Crippen LogP contribution in [0, 0.1) is 6.92 Å². The summed E-state index contributed by atoms with van der Waals surface area (Å²) in [5, 5.41) is 1.02. The first kappa shape index (κ1) is 20.6. The van der Waals surface area contributed by atoms with Crippen LogP contribution in [0.3, 0.4) is 0 Å². The molecule has 0 spiro atoms. The predicted octanol–water partition coefficient (Wildman–Crippen LogP) is 4.94. The minimum Gasteiger partial charge on any atom is -0.293 e. The van der Waals surface area contributed by atoms with Crippen molar-refractivity contribution in [2.45, 2.75) is 37.8 Å². The fourth-order valence-electron chi connectivity index (χ4n) is 4.17. The molecule has 0 saturated carbocycles. The topological polar surface area (TPSA) is 64.8 Å². The average Bonchev–Trinajstić information content (AvgIpc) is 2.83. The van der Waals surface area contributed by atoms with Crippen molar-refractivity contribution in [2.24, 2.45) is 0 Å². The summed E-state index contributed by atoms with van der Waals surface area (Å²) >= 11 is 1.28. The smallest absolute Gasteiger partial charge is 0.268 e. The normalized spacial score (nSPS) is 13.2. The molecule has 4 aromatic rings. The van der Waals surface area contributed by atoms with Crippen molar-refractivity contribution in [1.29, 1.82) is 0 Å². The van der Waals surface area contributed by atoms with E-state index in [2.05, 4.69) is 0 Å². The fourth-order valence-corrected chi connectivity index (χ4v) is 5.06. The molecule has 2 aromatic heterocycles. The van der Waals surface area contributed by atoms with Gasteiger partial charge in [-0.3, -0.25) is 14.2 Å². The number of nitrogens with zero attached hydrogens (tertiary/aromatic N) is 3. The maximum Gasteiger partial charge on any atom is 0.268 e. The van der Waals surface area contributed by atoms with Crippen LogP contribution in [0.25, 0.3) is 16.7 Å². The average molecular weight is 442 g/mol. The molecule has 32 heavy (non-hydrogen) atoms. The Morgan fingerprint density at radius 3 is 2.56 bits per heavy atom. The van der Waals surface area contributed by atoms with Crippen molar-refractivity contribution in [1.82, 2.24) is 14.5 Å². The third kappa shape index (κ3) is 3.86. The minimum absolute atomic E-state index is 0.000297. The van der Waals surface area contributed by atoms with Crippen molar-refractivity contribution in [3.8, 4) is 5.69 Å². The van der Waals surface area contributed by atoms with Crippen molar-refractivity contribution in [3.05, 3.63) is 93.4 Å². The molecule has 5 nitrogen and oxygen atoms in total.